The van der Waals surface area contributed by atoms with E-state index in [1.165, 1.54) is 25.1 Å². The normalized spacial score (nSPS) is 20.3. The molecule has 1 unspecified atom stereocenters. The van der Waals surface area contributed by atoms with Crippen molar-refractivity contribution in [2.45, 2.75) is 19.2 Å². The van der Waals surface area contributed by atoms with E-state index in [1.54, 1.807) is 0 Å². The van der Waals surface area contributed by atoms with Crippen molar-refractivity contribution in [3.05, 3.63) is 23.4 Å². The summed E-state index contributed by atoms with van der Waals surface area (Å²) < 4.78 is 0. The lowest BCUT2D eigenvalue weighted by molar-refractivity contribution is 0.395. The lowest BCUT2D eigenvalue weighted by Crippen LogP contribution is -2.28. The van der Waals surface area contributed by atoms with Crippen molar-refractivity contribution in [1.29, 1.82) is 0 Å². The topological polar surface area (TPSA) is 19.4 Å². The number of nitrogens with zero attached hydrogens (tertiary/aromatic N) is 3. The number of aromatic nitrogens is 1. The first-order valence-electron chi connectivity index (χ1n) is 6.51. The van der Waals surface area contributed by atoms with Crippen LogP contribution < -0.4 is 4.90 Å². The third-order valence-corrected chi connectivity index (χ3v) is 3.95. The molecule has 0 N–H and O–H groups in total. The molecule has 1 fully saturated rings. The molecule has 1 aliphatic rings. The number of hydrogen-bond acceptors (Lipinski definition) is 3. The molecule has 0 saturated carbocycles. The minimum atomic E-state index is 0.533. The lowest BCUT2D eigenvalue weighted by Gasteiger charge is -2.23. The highest BCUT2D eigenvalue weighted by molar-refractivity contribution is 6.17. The van der Waals surface area contributed by atoms with Gasteiger partial charge in [0.05, 0.1) is 0 Å². The van der Waals surface area contributed by atoms with Crippen LogP contribution in [0.1, 0.15) is 17.5 Å². The van der Waals surface area contributed by atoms with Crippen LogP contribution in [-0.4, -0.2) is 43.6 Å². The Kier molecular flexibility index (Phi) is 4.46. The monoisotopic (exact) mass is 267 g/mol. The molecular weight excluding hydrogens is 246 g/mol. The molecule has 0 aliphatic carbocycles. The second-order valence-electron chi connectivity index (χ2n) is 5.42. The fraction of sp³-hybridized carbons (Fsp3) is 0.643. The lowest BCUT2D eigenvalue weighted by atomic mass is 10.1. The van der Waals surface area contributed by atoms with Crippen LogP contribution in [-0.2, 0) is 5.88 Å². The number of aryl methyl sites for hydroxylation is 1. The molecule has 100 valence electrons. The zero-order chi connectivity index (χ0) is 13.1. The zero-order valence-corrected chi connectivity index (χ0v) is 12.2. The van der Waals surface area contributed by atoms with Crippen LogP contribution in [0.25, 0.3) is 0 Å². The van der Waals surface area contributed by atoms with Crippen molar-refractivity contribution in [2.24, 2.45) is 5.92 Å². The van der Waals surface area contributed by atoms with Gasteiger partial charge in [-0.2, -0.15) is 0 Å². The molecule has 3 nitrogen and oxygen atoms in total. The Labute approximate surface area is 115 Å². The summed E-state index contributed by atoms with van der Waals surface area (Å²) in [5.74, 6) is 2.37. The molecule has 18 heavy (non-hydrogen) atoms. The molecule has 0 radical (unpaired) electrons. The van der Waals surface area contributed by atoms with E-state index >= 15 is 0 Å². The van der Waals surface area contributed by atoms with Crippen LogP contribution in [0, 0.1) is 12.8 Å². The summed E-state index contributed by atoms with van der Waals surface area (Å²) in [6.45, 7) is 5.60. The Morgan fingerprint density at radius 3 is 2.89 bits per heavy atom. The molecule has 0 aromatic carbocycles. The number of anilines is 1. The second kappa shape index (κ2) is 5.89. The first-order valence-corrected chi connectivity index (χ1v) is 7.04. The van der Waals surface area contributed by atoms with E-state index in [0.717, 1.165) is 23.8 Å². The number of alkyl halides is 1. The van der Waals surface area contributed by atoms with E-state index in [4.69, 9.17) is 11.6 Å². The Balaban J connectivity index is 2.02. The maximum atomic E-state index is 5.83. The quantitative estimate of drug-likeness (QED) is 0.782. The molecule has 1 aromatic rings. The predicted octanol–water partition coefficient (Wildman–Crippen LogP) is 2.52. The fourth-order valence-corrected chi connectivity index (χ4v) is 2.89. The Bertz CT molecular complexity index is 408. The number of halogens is 1. The number of rotatable bonds is 4. The van der Waals surface area contributed by atoms with Crippen molar-refractivity contribution < 1.29 is 0 Å². The van der Waals surface area contributed by atoms with Gasteiger partial charge in [-0.1, -0.05) is 0 Å². The minimum absolute atomic E-state index is 0.533. The molecule has 0 spiro atoms. The molecule has 1 aromatic heterocycles. The summed E-state index contributed by atoms with van der Waals surface area (Å²) in [7, 11) is 4.33. The summed E-state index contributed by atoms with van der Waals surface area (Å²) in [4.78, 5) is 9.21. The molecular formula is C14H22ClN3. The molecule has 0 bridgehead atoms. The van der Waals surface area contributed by atoms with Crippen LogP contribution in [0.4, 0.5) is 5.82 Å². The van der Waals surface area contributed by atoms with E-state index in [-0.39, 0.29) is 0 Å². The van der Waals surface area contributed by atoms with E-state index in [2.05, 4.69) is 41.9 Å². The van der Waals surface area contributed by atoms with Gasteiger partial charge in [-0.3, -0.25) is 0 Å². The van der Waals surface area contributed by atoms with Crippen molar-refractivity contribution in [3.8, 4) is 0 Å². The highest BCUT2D eigenvalue weighted by Crippen LogP contribution is 2.21. The largest absolute Gasteiger partial charge is 0.359 e. The van der Waals surface area contributed by atoms with Crippen LogP contribution in [0.2, 0.25) is 0 Å². The van der Waals surface area contributed by atoms with Gasteiger partial charge in [0.2, 0.25) is 0 Å². The maximum absolute atomic E-state index is 5.83. The number of pyridine rings is 1. The molecule has 1 saturated heterocycles. The van der Waals surface area contributed by atoms with Gasteiger partial charge in [-0.15, -0.1) is 11.6 Å². The van der Waals surface area contributed by atoms with Crippen LogP contribution in [0.5, 0.6) is 0 Å². The highest BCUT2D eigenvalue weighted by atomic mass is 35.5. The van der Waals surface area contributed by atoms with E-state index in [1.807, 2.05) is 6.20 Å². The molecule has 2 heterocycles. The van der Waals surface area contributed by atoms with Gasteiger partial charge < -0.3 is 9.80 Å². The smallest absolute Gasteiger partial charge is 0.131 e. The van der Waals surface area contributed by atoms with Gasteiger partial charge in [0.15, 0.2) is 0 Å². The van der Waals surface area contributed by atoms with Crippen molar-refractivity contribution in [2.75, 3.05) is 38.6 Å². The first kappa shape index (κ1) is 13.6. The molecule has 4 heteroatoms. The van der Waals surface area contributed by atoms with Gasteiger partial charge in [0.25, 0.3) is 0 Å². The van der Waals surface area contributed by atoms with Crippen LogP contribution in [0.3, 0.4) is 0 Å². The van der Waals surface area contributed by atoms with Crippen LogP contribution >= 0.6 is 11.6 Å². The third-order valence-electron chi connectivity index (χ3n) is 3.64. The number of hydrogen-bond donors (Lipinski definition) is 0. The predicted molar refractivity (Wildman–Crippen MR) is 77.4 cm³/mol. The zero-order valence-electron chi connectivity index (χ0n) is 11.5. The molecule has 0 amide bonds. The minimum Gasteiger partial charge on any atom is -0.359 e. The number of likely N-dealkylation sites (tertiary alicyclic amines) is 1. The average molecular weight is 268 g/mol. The molecule has 1 atom stereocenters. The average Bonchev–Trinajstić information content (AvgIpc) is 2.74. The maximum Gasteiger partial charge on any atom is 0.131 e. The summed E-state index contributed by atoms with van der Waals surface area (Å²) >= 11 is 5.83. The molecule has 1 aliphatic heterocycles. The first-order chi connectivity index (χ1) is 8.60. The van der Waals surface area contributed by atoms with E-state index in [0.29, 0.717) is 5.88 Å². The summed E-state index contributed by atoms with van der Waals surface area (Å²) in [6, 6.07) is 2.13. The van der Waals surface area contributed by atoms with Gasteiger partial charge in [0, 0.05) is 32.2 Å². The van der Waals surface area contributed by atoms with Crippen LogP contribution in [0.15, 0.2) is 12.3 Å². The van der Waals surface area contributed by atoms with Crippen molar-refractivity contribution >= 4 is 17.4 Å². The Morgan fingerprint density at radius 2 is 2.33 bits per heavy atom. The van der Waals surface area contributed by atoms with Gasteiger partial charge in [0.1, 0.15) is 5.82 Å². The summed E-state index contributed by atoms with van der Waals surface area (Å²) in [5.41, 5.74) is 2.30. The van der Waals surface area contributed by atoms with Crippen molar-refractivity contribution in [3.63, 3.8) is 0 Å². The Morgan fingerprint density at radius 1 is 1.56 bits per heavy atom. The van der Waals surface area contributed by atoms with E-state index < -0.39 is 0 Å². The molecule has 2 rings (SSSR count). The fourth-order valence-electron chi connectivity index (χ4n) is 2.75. The van der Waals surface area contributed by atoms with Crippen molar-refractivity contribution in [1.82, 2.24) is 9.88 Å². The SMILES string of the molecule is Cc1cc(CCl)cnc1N(C)CC1CCN(C)C1. The van der Waals surface area contributed by atoms with E-state index in [9.17, 15) is 0 Å². The van der Waals surface area contributed by atoms with Gasteiger partial charge >= 0.3 is 0 Å². The highest BCUT2D eigenvalue weighted by Gasteiger charge is 2.21. The summed E-state index contributed by atoms with van der Waals surface area (Å²) in [6.07, 6.45) is 3.17. The standard InChI is InChI=1S/C14H22ClN3/c1-11-6-13(7-15)8-16-14(11)18(3)10-12-4-5-17(2)9-12/h6,8,12H,4-5,7,9-10H2,1-3H3. The summed E-state index contributed by atoms with van der Waals surface area (Å²) in [5, 5.41) is 0. The van der Waals surface area contributed by atoms with Gasteiger partial charge in [-0.25, -0.2) is 4.98 Å². The second-order valence-corrected chi connectivity index (χ2v) is 5.68. The Hall–Kier alpha value is -0.800. The van der Waals surface area contributed by atoms with Gasteiger partial charge in [-0.05, 0) is 50.0 Å². The third kappa shape index (κ3) is 3.15.